The van der Waals surface area contributed by atoms with E-state index in [2.05, 4.69) is 0 Å². The van der Waals surface area contributed by atoms with Gasteiger partial charge in [-0.2, -0.15) is 0 Å². The van der Waals surface area contributed by atoms with Crippen molar-refractivity contribution in [3.8, 4) is 11.5 Å². The van der Waals surface area contributed by atoms with Crippen LogP contribution < -0.4 is 4.74 Å². The number of Topliss-reactive ketones (excluding diaryl/α,β-unsaturated/α-hetero) is 1. The maximum Gasteiger partial charge on any atom is 0.317 e. The molecular weight excluding hydrogens is 404 g/mol. The van der Waals surface area contributed by atoms with E-state index in [1.54, 1.807) is 34.6 Å². The van der Waals surface area contributed by atoms with E-state index >= 15 is 0 Å². The number of aliphatic hydroxyl groups is 1. The molecule has 1 aliphatic rings. The first-order chi connectivity index (χ1) is 14.4. The van der Waals surface area contributed by atoms with Crippen LogP contribution in [0.2, 0.25) is 0 Å². The Balaban J connectivity index is 2.67. The summed E-state index contributed by atoms with van der Waals surface area (Å²) in [4.78, 5) is 39.0. The van der Waals surface area contributed by atoms with Crippen LogP contribution >= 0.6 is 0 Å². The third kappa shape index (κ3) is 5.55. The third-order valence-corrected chi connectivity index (χ3v) is 5.15. The van der Waals surface area contributed by atoms with Gasteiger partial charge < -0.3 is 24.4 Å². The van der Waals surface area contributed by atoms with E-state index in [1.807, 2.05) is 0 Å². The normalized spacial score (nSPS) is 26.1. The zero-order valence-corrected chi connectivity index (χ0v) is 18.9. The summed E-state index contributed by atoms with van der Waals surface area (Å²) in [6.45, 7) is 10.1. The van der Waals surface area contributed by atoms with E-state index in [1.165, 1.54) is 25.1 Å². The van der Waals surface area contributed by atoms with E-state index in [0.29, 0.717) is 5.56 Å². The lowest BCUT2D eigenvalue weighted by Gasteiger charge is -2.44. The molecule has 0 radical (unpaired) electrons. The van der Waals surface area contributed by atoms with E-state index in [4.69, 9.17) is 14.2 Å². The molecule has 1 aliphatic carbocycles. The summed E-state index contributed by atoms with van der Waals surface area (Å²) < 4.78 is 16.1. The molecule has 1 saturated carbocycles. The SMILES string of the molecule is CCOc1cc([C@H]2[C@@H](C(=O)OC(C)C)C(=O)C[C@@](C)(O)[C@@H]2C(=O)OC(C)C)ccc1O. The predicted octanol–water partition coefficient (Wildman–Crippen LogP) is 2.73. The van der Waals surface area contributed by atoms with Gasteiger partial charge in [0.15, 0.2) is 17.3 Å². The average Bonchev–Trinajstić information content (AvgIpc) is 2.60. The molecule has 0 spiro atoms. The van der Waals surface area contributed by atoms with Crippen LogP contribution in [0.1, 0.15) is 59.4 Å². The second kappa shape index (κ2) is 9.68. The lowest BCUT2D eigenvalue weighted by Crippen LogP contribution is -2.55. The Hall–Kier alpha value is -2.61. The van der Waals surface area contributed by atoms with Gasteiger partial charge in [-0.3, -0.25) is 14.4 Å². The van der Waals surface area contributed by atoms with Crippen LogP contribution in [0, 0.1) is 11.8 Å². The zero-order valence-electron chi connectivity index (χ0n) is 18.9. The van der Waals surface area contributed by atoms with Gasteiger partial charge in [0, 0.05) is 12.3 Å². The van der Waals surface area contributed by atoms with Crippen molar-refractivity contribution in [2.75, 3.05) is 6.61 Å². The molecule has 2 N–H and O–H groups in total. The first-order valence-electron chi connectivity index (χ1n) is 10.5. The van der Waals surface area contributed by atoms with Gasteiger partial charge in [-0.1, -0.05) is 6.07 Å². The fourth-order valence-corrected chi connectivity index (χ4v) is 4.04. The minimum Gasteiger partial charge on any atom is -0.504 e. The number of carbonyl (C=O) groups excluding carboxylic acids is 3. The maximum atomic E-state index is 13.1. The molecule has 1 fully saturated rings. The number of benzene rings is 1. The Labute approximate surface area is 182 Å². The highest BCUT2D eigenvalue weighted by atomic mass is 16.5. The standard InChI is InChI=1S/C23H32O8/c1-7-29-17-10-14(8-9-15(17)24)18-19(21(26)30-12(2)3)16(25)11-23(6,28)20(18)22(27)31-13(4)5/h8-10,12-13,18-20,24,28H,7,11H2,1-6H3/t18-,19-,20-,23+/m0/s1. The Kier molecular flexibility index (Phi) is 7.70. The largest absolute Gasteiger partial charge is 0.504 e. The van der Waals surface area contributed by atoms with Crippen molar-refractivity contribution in [2.24, 2.45) is 11.8 Å². The van der Waals surface area contributed by atoms with Crippen LogP contribution in [-0.2, 0) is 23.9 Å². The van der Waals surface area contributed by atoms with E-state index in [0.717, 1.165) is 0 Å². The molecule has 0 saturated heterocycles. The molecular formula is C23H32O8. The van der Waals surface area contributed by atoms with Crippen LogP contribution in [0.25, 0.3) is 0 Å². The number of hydrogen-bond acceptors (Lipinski definition) is 8. The van der Waals surface area contributed by atoms with Gasteiger partial charge in [0.2, 0.25) is 0 Å². The quantitative estimate of drug-likeness (QED) is 0.495. The second-order valence-electron chi connectivity index (χ2n) is 8.61. The van der Waals surface area contributed by atoms with Crippen molar-refractivity contribution in [3.63, 3.8) is 0 Å². The highest BCUT2D eigenvalue weighted by Gasteiger charge is 2.57. The van der Waals surface area contributed by atoms with Gasteiger partial charge in [-0.25, -0.2) is 0 Å². The molecule has 0 aromatic heterocycles. The summed E-state index contributed by atoms with van der Waals surface area (Å²) in [5.41, 5.74) is -1.36. The van der Waals surface area contributed by atoms with Crippen LogP contribution in [0.15, 0.2) is 18.2 Å². The van der Waals surface area contributed by atoms with Crippen LogP contribution in [0.3, 0.4) is 0 Å². The lowest BCUT2D eigenvalue weighted by atomic mass is 9.61. The summed E-state index contributed by atoms with van der Waals surface area (Å²) in [6.07, 6.45) is -1.32. The van der Waals surface area contributed by atoms with Crippen molar-refractivity contribution in [1.82, 2.24) is 0 Å². The van der Waals surface area contributed by atoms with Crippen molar-refractivity contribution in [3.05, 3.63) is 23.8 Å². The van der Waals surface area contributed by atoms with Crippen molar-refractivity contribution >= 4 is 17.7 Å². The van der Waals surface area contributed by atoms with Crippen molar-refractivity contribution < 1.29 is 38.8 Å². The Bertz CT molecular complexity index is 819. The molecule has 2 rings (SSSR count). The Morgan fingerprint density at radius 2 is 1.71 bits per heavy atom. The summed E-state index contributed by atoms with van der Waals surface area (Å²) in [5, 5.41) is 21.2. The molecule has 1 aromatic rings. The topological polar surface area (TPSA) is 119 Å². The number of carbonyl (C=O) groups is 3. The molecule has 8 nitrogen and oxygen atoms in total. The predicted molar refractivity (Wildman–Crippen MR) is 112 cm³/mol. The van der Waals surface area contributed by atoms with Gasteiger partial charge in [0.1, 0.15) is 5.92 Å². The summed E-state index contributed by atoms with van der Waals surface area (Å²) in [6, 6.07) is 4.34. The van der Waals surface area contributed by atoms with Crippen molar-refractivity contribution in [1.29, 1.82) is 0 Å². The number of rotatable bonds is 7. The number of esters is 2. The molecule has 0 unspecified atom stereocenters. The molecule has 4 atom stereocenters. The molecule has 0 heterocycles. The smallest absolute Gasteiger partial charge is 0.317 e. The highest BCUT2D eigenvalue weighted by Crippen LogP contribution is 2.48. The summed E-state index contributed by atoms with van der Waals surface area (Å²) in [7, 11) is 0. The molecule has 0 amide bonds. The molecule has 0 aliphatic heterocycles. The van der Waals surface area contributed by atoms with E-state index in [-0.39, 0.29) is 18.1 Å². The minimum atomic E-state index is -1.74. The van der Waals surface area contributed by atoms with Gasteiger partial charge in [-0.15, -0.1) is 0 Å². The lowest BCUT2D eigenvalue weighted by molar-refractivity contribution is -0.176. The first kappa shape index (κ1) is 24.7. The van der Waals surface area contributed by atoms with E-state index in [9.17, 15) is 24.6 Å². The van der Waals surface area contributed by atoms with Gasteiger partial charge in [0.05, 0.1) is 30.3 Å². The number of phenolic OH excluding ortho intramolecular Hbond substituents is 1. The number of aromatic hydroxyl groups is 1. The van der Waals surface area contributed by atoms with Crippen LogP contribution in [0.5, 0.6) is 11.5 Å². The monoisotopic (exact) mass is 436 g/mol. The van der Waals surface area contributed by atoms with E-state index < -0.39 is 59.7 Å². The van der Waals surface area contributed by atoms with Gasteiger partial charge in [0.25, 0.3) is 0 Å². The second-order valence-corrected chi connectivity index (χ2v) is 8.61. The minimum absolute atomic E-state index is 0.123. The zero-order chi connectivity index (χ0) is 23.5. The molecule has 172 valence electrons. The summed E-state index contributed by atoms with van der Waals surface area (Å²) >= 11 is 0. The molecule has 0 bridgehead atoms. The molecule has 31 heavy (non-hydrogen) atoms. The Morgan fingerprint density at radius 1 is 1.13 bits per heavy atom. The van der Waals surface area contributed by atoms with Gasteiger partial charge in [-0.05, 0) is 59.2 Å². The number of hydrogen-bond donors (Lipinski definition) is 2. The maximum absolute atomic E-state index is 13.1. The van der Waals surface area contributed by atoms with Gasteiger partial charge >= 0.3 is 11.9 Å². The number of phenols is 1. The number of ketones is 1. The first-order valence-corrected chi connectivity index (χ1v) is 10.5. The highest BCUT2D eigenvalue weighted by molar-refractivity contribution is 6.02. The molecule has 1 aromatic carbocycles. The van der Waals surface area contributed by atoms with Crippen LogP contribution in [-0.4, -0.2) is 52.4 Å². The average molecular weight is 437 g/mol. The molecule has 8 heteroatoms. The van der Waals surface area contributed by atoms with Crippen molar-refractivity contribution in [2.45, 2.75) is 71.7 Å². The summed E-state index contributed by atoms with van der Waals surface area (Å²) in [5.74, 6) is -5.58. The van der Waals surface area contributed by atoms with Crippen LogP contribution in [0.4, 0.5) is 0 Å². The third-order valence-electron chi connectivity index (χ3n) is 5.15. The Morgan fingerprint density at radius 3 is 2.26 bits per heavy atom. The number of ether oxygens (including phenoxy) is 3. The fourth-order valence-electron chi connectivity index (χ4n) is 4.04. The fraction of sp³-hybridized carbons (Fsp3) is 0.609.